The van der Waals surface area contributed by atoms with Crippen molar-refractivity contribution in [3.05, 3.63) is 107 Å². The molecule has 0 atom stereocenters. The summed E-state index contributed by atoms with van der Waals surface area (Å²) < 4.78 is 0. The first kappa shape index (κ1) is 21.6. The molecule has 0 saturated carbocycles. The molecule has 3 aromatic rings. The maximum absolute atomic E-state index is 13.7. The van der Waals surface area contributed by atoms with Gasteiger partial charge in [-0.25, -0.2) is 4.90 Å². The van der Waals surface area contributed by atoms with Gasteiger partial charge in [-0.3, -0.25) is 9.59 Å². The third kappa shape index (κ3) is 4.09. The lowest BCUT2D eigenvalue weighted by atomic mass is 10.0. The van der Waals surface area contributed by atoms with Crippen LogP contribution in [0.3, 0.4) is 0 Å². The van der Waals surface area contributed by atoms with Crippen LogP contribution in [0.4, 0.5) is 5.69 Å². The number of imide groups is 1. The molecule has 162 valence electrons. The van der Waals surface area contributed by atoms with Crippen LogP contribution in [0.25, 0.3) is 5.57 Å². The Morgan fingerprint density at radius 3 is 1.94 bits per heavy atom. The quantitative estimate of drug-likeness (QED) is 0.463. The average Bonchev–Trinajstić information content (AvgIpc) is 3.08. The van der Waals surface area contributed by atoms with Gasteiger partial charge in [0.1, 0.15) is 5.70 Å². The van der Waals surface area contributed by atoms with Crippen molar-refractivity contribution in [2.75, 3.05) is 11.4 Å². The highest BCUT2D eigenvalue weighted by molar-refractivity contribution is 6.45. The van der Waals surface area contributed by atoms with Crippen LogP contribution in [0.5, 0.6) is 0 Å². The molecule has 0 radical (unpaired) electrons. The second kappa shape index (κ2) is 9.23. The third-order valence-corrected chi connectivity index (χ3v) is 5.85. The summed E-state index contributed by atoms with van der Waals surface area (Å²) in [6, 6.07) is 27.2. The molecule has 2 amide bonds. The van der Waals surface area contributed by atoms with Crippen LogP contribution in [0, 0.1) is 0 Å². The zero-order chi connectivity index (χ0) is 22.7. The number of hydrogen-bond donors (Lipinski definition) is 0. The van der Waals surface area contributed by atoms with Crippen molar-refractivity contribution < 1.29 is 9.59 Å². The van der Waals surface area contributed by atoms with Crippen molar-refractivity contribution in [3.63, 3.8) is 0 Å². The predicted molar refractivity (Wildman–Crippen MR) is 129 cm³/mol. The molecule has 1 aliphatic rings. The maximum atomic E-state index is 13.7. The normalized spacial score (nSPS) is 13.9. The SMILES string of the molecule is CCN(Cc1ccccc1)C1=C(c2ccccc2)C(=O)N(c2ccc(C(C)C)cc2)C1=O. The van der Waals surface area contributed by atoms with Crippen LogP contribution < -0.4 is 4.90 Å². The monoisotopic (exact) mass is 424 g/mol. The molecule has 3 aromatic carbocycles. The van der Waals surface area contributed by atoms with E-state index in [1.54, 1.807) is 0 Å². The molecule has 32 heavy (non-hydrogen) atoms. The van der Waals surface area contributed by atoms with Crippen molar-refractivity contribution in [2.24, 2.45) is 0 Å². The van der Waals surface area contributed by atoms with Crippen molar-refractivity contribution in [1.29, 1.82) is 0 Å². The Morgan fingerprint density at radius 1 is 0.781 bits per heavy atom. The van der Waals surface area contributed by atoms with Gasteiger partial charge in [-0.1, -0.05) is 86.6 Å². The van der Waals surface area contributed by atoms with Crippen molar-refractivity contribution in [3.8, 4) is 0 Å². The van der Waals surface area contributed by atoms with Gasteiger partial charge in [0.2, 0.25) is 0 Å². The highest BCUT2D eigenvalue weighted by atomic mass is 16.2. The first-order valence-electron chi connectivity index (χ1n) is 11.1. The maximum Gasteiger partial charge on any atom is 0.282 e. The summed E-state index contributed by atoms with van der Waals surface area (Å²) in [5.41, 5.74) is 4.54. The summed E-state index contributed by atoms with van der Waals surface area (Å²) in [6.45, 7) is 7.42. The zero-order valence-corrected chi connectivity index (χ0v) is 18.8. The molecule has 0 aromatic heterocycles. The Bertz CT molecular complexity index is 1130. The van der Waals surface area contributed by atoms with Crippen LogP contribution in [-0.4, -0.2) is 23.3 Å². The fourth-order valence-corrected chi connectivity index (χ4v) is 4.07. The van der Waals surface area contributed by atoms with E-state index in [0.29, 0.717) is 36.0 Å². The smallest absolute Gasteiger partial charge is 0.282 e. The van der Waals surface area contributed by atoms with E-state index < -0.39 is 0 Å². The molecule has 0 spiro atoms. The molecule has 0 N–H and O–H groups in total. The summed E-state index contributed by atoms with van der Waals surface area (Å²) in [5, 5.41) is 0. The third-order valence-electron chi connectivity index (χ3n) is 5.85. The number of anilines is 1. The second-order valence-electron chi connectivity index (χ2n) is 8.28. The van der Waals surface area contributed by atoms with Gasteiger partial charge in [-0.2, -0.15) is 0 Å². The van der Waals surface area contributed by atoms with Gasteiger partial charge < -0.3 is 4.90 Å². The molecule has 1 aliphatic heterocycles. The van der Waals surface area contributed by atoms with Crippen molar-refractivity contribution in [1.82, 2.24) is 4.90 Å². The number of hydrogen-bond acceptors (Lipinski definition) is 3. The van der Waals surface area contributed by atoms with E-state index in [9.17, 15) is 9.59 Å². The van der Waals surface area contributed by atoms with Gasteiger partial charge in [0.15, 0.2) is 0 Å². The second-order valence-corrected chi connectivity index (χ2v) is 8.28. The number of rotatable bonds is 7. The Labute approximate surface area is 189 Å². The lowest BCUT2D eigenvalue weighted by molar-refractivity contribution is -0.120. The Hall–Kier alpha value is -3.66. The van der Waals surface area contributed by atoms with E-state index in [0.717, 1.165) is 11.1 Å². The van der Waals surface area contributed by atoms with Crippen LogP contribution in [-0.2, 0) is 16.1 Å². The summed E-state index contributed by atoms with van der Waals surface area (Å²) in [6.07, 6.45) is 0. The predicted octanol–water partition coefficient (Wildman–Crippen LogP) is 5.62. The van der Waals surface area contributed by atoms with E-state index in [2.05, 4.69) is 13.8 Å². The lowest BCUT2D eigenvalue weighted by Gasteiger charge is -2.25. The zero-order valence-electron chi connectivity index (χ0n) is 18.8. The molecular weight excluding hydrogens is 396 g/mol. The van der Waals surface area contributed by atoms with Crippen LogP contribution >= 0.6 is 0 Å². The van der Waals surface area contributed by atoms with E-state index in [-0.39, 0.29) is 11.8 Å². The number of carbonyl (C=O) groups excluding carboxylic acids is 2. The minimum absolute atomic E-state index is 0.274. The van der Waals surface area contributed by atoms with Gasteiger partial charge in [0.25, 0.3) is 11.8 Å². The summed E-state index contributed by atoms with van der Waals surface area (Å²) in [7, 11) is 0. The highest BCUT2D eigenvalue weighted by Crippen LogP contribution is 2.35. The highest BCUT2D eigenvalue weighted by Gasteiger charge is 2.42. The minimum Gasteiger partial charge on any atom is -0.362 e. The summed E-state index contributed by atoms with van der Waals surface area (Å²) in [4.78, 5) is 30.7. The first-order valence-corrected chi connectivity index (χ1v) is 11.1. The van der Waals surface area contributed by atoms with Gasteiger partial charge in [-0.15, -0.1) is 0 Å². The van der Waals surface area contributed by atoms with E-state index in [1.807, 2.05) is 96.8 Å². The molecular formula is C28H28N2O2. The largest absolute Gasteiger partial charge is 0.362 e. The minimum atomic E-state index is -0.278. The summed E-state index contributed by atoms with van der Waals surface area (Å²) in [5.74, 6) is -0.173. The molecule has 0 aliphatic carbocycles. The number of amides is 2. The van der Waals surface area contributed by atoms with E-state index in [4.69, 9.17) is 0 Å². The molecule has 0 bridgehead atoms. The van der Waals surface area contributed by atoms with Crippen molar-refractivity contribution >= 4 is 23.1 Å². The molecule has 4 heteroatoms. The lowest BCUT2D eigenvalue weighted by Crippen LogP contribution is -2.35. The van der Waals surface area contributed by atoms with E-state index in [1.165, 1.54) is 10.5 Å². The van der Waals surface area contributed by atoms with Crippen molar-refractivity contribution in [2.45, 2.75) is 33.2 Å². The fourth-order valence-electron chi connectivity index (χ4n) is 4.07. The summed E-state index contributed by atoms with van der Waals surface area (Å²) >= 11 is 0. The van der Waals surface area contributed by atoms with Gasteiger partial charge in [-0.05, 0) is 41.7 Å². The Balaban J connectivity index is 1.78. The fraction of sp³-hybridized carbons (Fsp3) is 0.214. The van der Waals surface area contributed by atoms with Gasteiger partial charge in [0, 0.05) is 13.1 Å². The molecule has 0 saturated heterocycles. The molecule has 4 rings (SSSR count). The first-order chi connectivity index (χ1) is 15.5. The van der Waals surface area contributed by atoms with Crippen LogP contribution in [0.15, 0.2) is 90.6 Å². The number of carbonyl (C=O) groups is 2. The van der Waals surface area contributed by atoms with E-state index >= 15 is 0 Å². The number of likely N-dealkylation sites (N-methyl/N-ethyl adjacent to an activating group) is 1. The van der Waals surface area contributed by atoms with Gasteiger partial charge in [0.05, 0.1) is 11.3 Å². The molecule has 1 heterocycles. The van der Waals surface area contributed by atoms with Gasteiger partial charge >= 0.3 is 0 Å². The number of nitrogens with zero attached hydrogens (tertiary/aromatic N) is 2. The molecule has 0 fully saturated rings. The number of benzene rings is 3. The van der Waals surface area contributed by atoms with Crippen LogP contribution in [0.1, 0.15) is 43.4 Å². The Kier molecular flexibility index (Phi) is 6.22. The standard InChI is InChI=1S/C28H28N2O2/c1-4-29(19-21-11-7-5-8-12-21)26-25(23-13-9-6-10-14-23)27(31)30(28(26)32)24-17-15-22(16-18-24)20(2)3/h5-18,20H,4,19H2,1-3H3. The topological polar surface area (TPSA) is 40.6 Å². The average molecular weight is 425 g/mol. The molecule has 0 unspecified atom stereocenters. The molecule has 4 nitrogen and oxygen atoms in total. The van der Waals surface area contributed by atoms with Crippen LogP contribution in [0.2, 0.25) is 0 Å². The Morgan fingerprint density at radius 2 is 1.38 bits per heavy atom.